The number of pyridine rings is 1. The van der Waals surface area contributed by atoms with E-state index in [9.17, 15) is 14.0 Å². The summed E-state index contributed by atoms with van der Waals surface area (Å²) < 4.78 is 13.0. The number of hydrogen-bond donors (Lipinski definition) is 2. The number of amides is 2. The monoisotopic (exact) mass is 323 g/mol. The Kier molecular flexibility index (Phi) is 4.20. The third kappa shape index (κ3) is 3.08. The van der Waals surface area contributed by atoms with Gasteiger partial charge < -0.3 is 11.1 Å². The molecule has 3 rings (SSSR count). The molecule has 0 fully saturated rings. The predicted molar refractivity (Wildman–Crippen MR) is 87.5 cm³/mol. The molecular formula is C18H14FN3O2. The Morgan fingerprint density at radius 2 is 1.79 bits per heavy atom. The third-order valence-corrected chi connectivity index (χ3v) is 3.65. The molecule has 5 nitrogen and oxygen atoms in total. The molecule has 0 saturated heterocycles. The Balaban J connectivity index is 1.93. The lowest BCUT2D eigenvalue weighted by Gasteiger charge is -2.16. The third-order valence-electron chi connectivity index (χ3n) is 3.65. The van der Waals surface area contributed by atoms with Crippen molar-refractivity contribution in [1.82, 2.24) is 10.3 Å². The maximum absolute atomic E-state index is 13.0. The second-order valence-electron chi connectivity index (χ2n) is 5.24. The Hall–Kier alpha value is -3.28. The number of carbonyl (C=O) groups excluding carboxylic acids is 2. The fraction of sp³-hybridized carbons (Fsp3) is 0.0556. The minimum atomic E-state index is -1.05. The molecule has 0 aliphatic rings. The topological polar surface area (TPSA) is 85.1 Å². The number of fused-ring (bicyclic) bond motifs is 1. The van der Waals surface area contributed by atoms with Gasteiger partial charge in [-0.05, 0) is 35.9 Å². The maximum atomic E-state index is 13.0. The van der Waals surface area contributed by atoms with Crippen LogP contribution in [0.5, 0.6) is 0 Å². The van der Waals surface area contributed by atoms with Crippen LogP contribution in [-0.4, -0.2) is 16.8 Å². The molecule has 0 radical (unpaired) electrons. The van der Waals surface area contributed by atoms with E-state index in [1.54, 1.807) is 36.5 Å². The van der Waals surface area contributed by atoms with Gasteiger partial charge in [0.2, 0.25) is 5.91 Å². The first-order valence-corrected chi connectivity index (χ1v) is 7.25. The molecule has 0 aliphatic carbocycles. The standard InChI is InChI=1S/C18H14FN3O2/c19-12-8-6-11(7-9-12)16(17(20)23)22-18(24)14-3-1-5-15-13(14)4-2-10-21-15/h1-10,16H,(H2,20,23)(H,22,24)/t16-/m0/s1. The molecule has 3 N–H and O–H groups in total. The zero-order valence-corrected chi connectivity index (χ0v) is 12.6. The quantitative estimate of drug-likeness (QED) is 0.773. The predicted octanol–water partition coefficient (Wildman–Crippen LogP) is 2.33. The minimum absolute atomic E-state index is 0.383. The smallest absolute Gasteiger partial charge is 0.252 e. The molecule has 1 aromatic heterocycles. The summed E-state index contributed by atoms with van der Waals surface area (Å²) in [5.41, 5.74) is 6.85. The normalized spacial score (nSPS) is 11.9. The van der Waals surface area contributed by atoms with Crippen LogP contribution in [0.2, 0.25) is 0 Å². The van der Waals surface area contributed by atoms with E-state index in [1.807, 2.05) is 0 Å². The van der Waals surface area contributed by atoms with Gasteiger partial charge in [-0.3, -0.25) is 14.6 Å². The molecule has 0 aliphatic heterocycles. The van der Waals surface area contributed by atoms with Crippen molar-refractivity contribution in [3.05, 3.63) is 77.7 Å². The van der Waals surface area contributed by atoms with Crippen molar-refractivity contribution in [2.45, 2.75) is 6.04 Å². The first-order valence-electron chi connectivity index (χ1n) is 7.25. The van der Waals surface area contributed by atoms with Crippen LogP contribution in [0.4, 0.5) is 4.39 Å². The highest BCUT2D eigenvalue weighted by atomic mass is 19.1. The molecule has 0 bridgehead atoms. The molecule has 120 valence electrons. The second-order valence-corrected chi connectivity index (χ2v) is 5.24. The van der Waals surface area contributed by atoms with Gasteiger partial charge >= 0.3 is 0 Å². The van der Waals surface area contributed by atoms with Crippen LogP contribution >= 0.6 is 0 Å². The summed E-state index contributed by atoms with van der Waals surface area (Å²) in [5.74, 6) is -1.62. The molecule has 0 spiro atoms. The fourth-order valence-corrected chi connectivity index (χ4v) is 2.48. The lowest BCUT2D eigenvalue weighted by molar-refractivity contribution is -0.120. The molecule has 24 heavy (non-hydrogen) atoms. The number of halogens is 1. The molecule has 0 saturated carbocycles. The van der Waals surface area contributed by atoms with Gasteiger partial charge in [-0.25, -0.2) is 4.39 Å². The Bertz CT molecular complexity index is 904. The van der Waals surface area contributed by atoms with E-state index in [2.05, 4.69) is 10.3 Å². The van der Waals surface area contributed by atoms with Crippen molar-refractivity contribution in [3.8, 4) is 0 Å². The SMILES string of the molecule is NC(=O)[C@@H](NC(=O)c1cccc2ncccc12)c1ccc(F)cc1. The molecule has 0 unspecified atom stereocenters. The Morgan fingerprint density at radius 3 is 2.50 bits per heavy atom. The van der Waals surface area contributed by atoms with Gasteiger partial charge in [0, 0.05) is 17.1 Å². The van der Waals surface area contributed by atoms with E-state index >= 15 is 0 Å². The number of rotatable bonds is 4. The van der Waals surface area contributed by atoms with Gasteiger partial charge in [0.05, 0.1) is 5.52 Å². The van der Waals surface area contributed by atoms with Gasteiger partial charge in [0.15, 0.2) is 0 Å². The number of hydrogen-bond acceptors (Lipinski definition) is 3. The average molecular weight is 323 g/mol. The summed E-state index contributed by atoms with van der Waals surface area (Å²) in [4.78, 5) is 28.5. The number of nitrogens with zero attached hydrogens (tertiary/aromatic N) is 1. The van der Waals surface area contributed by atoms with Crippen molar-refractivity contribution in [2.24, 2.45) is 5.73 Å². The van der Waals surface area contributed by atoms with Crippen molar-refractivity contribution in [1.29, 1.82) is 0 Å². The van der Waals surface area contributed by atoms with Crippen LogP contribution in [0.3, 0.4) is 0 Å². The molecule has 2 amide bonds. The first kappa shape index (κ1) is 15.6. The summed E-state index contributed by atoms with van der Waals surface area (Å²) >= 11 is 0. The number of carbonyl (C=O) groups is 2. The number of benzene rings is 2. The largest absolute Gasteiger partial charge is 0.368 e. The van der Waals surface area contributed by atoms with Crippen LogP contribution in [0, 0.1) is 5.82 Å². The van der Waals surface area contributed by atoms with Crippen LogP contribution < -0.4 is 11.1 Å². The summed E-state index contributed by atoms with van der Waals surface area (Å²) in [6.45, 7) is 0. The molecule has 2 aromatic carbocycles. The van der Waals surface area contributed by atoms with E-state index in [0.29, 0.717) is 22.0 Å². The summed E-state index contributed by atoms with van der Waals surface area (Å²) in [6.07, 6.45) is 1.63. The average Bonchev–Trinajstić information content (AvgIpc) is 2.59. The molecule has 1 atom stereocenters. The van der Waals surface area contributed by atoms with Crippen molar-refractivity contribution in [2.75, 3.05) is 0 Å². The van der Waals surface area contributed by atoms with E-state index < -0.39 is 23.7 Å². The summed E-state index contributed by atoms with van der Waals surface area (Å²) in [6, 6.07) is 12.8. The molecule has 6 heteroatoms. The van der Waals surface area contributed by atoms with Crippen LogP contribution in [-0.2, 0) is 4.79 Å². The van der Waals surface area contributed by atoms with Gasteiger partial charge in [-0.1, -0.05) is 24.3 Å². The van der Waals surface area contributed by atoms with Gasteiger partial charge in [-0.15, -0.1) is 0 Å². The maximum Gasteiger partial charge on any atom is 0.252 e. The van der Waals surface area contributed by atoms with E-state index in [1.165, 1.54) is 24.3 Å². The highest BCUT2D eigenvalue weighted by Crippen LogP contribution is 2.19. The Labute approximate surface area is 137 Å². The van der Waals surface area contributed by atoms with E-state index in [0.717, 1.165) is 0 Å². The summed E-state index contributed by atoms with van der Waals surface area (Å²) in [7, 11) is 0. The molecular weight excluding hydrogens is 309 g/mol. The van der Waals surface area contributed by atoms with Crippen molar-refractivity contribution in [3.63, 3.8) is 0 Å². The van der Waals surface area contributed by atoms with Gasteiger partial charge in [0.25, 0.3) is 5.91 Å². The minimum Gasteiger partial charge on any atom is -0.368 e. The van der Waals surface area contributed by atoms with Crippen molar-refractivity contribution < 1.29 is 14.0 Å². The van der Waals surface area contributed by atoms with Crippen LogP contribution in [0.25, 0.3) is 10.9 Å². The molecule has 1 heterocycles. The molecule has 3 aromatic rings. The van der Waals surface area contributed by atoms with E-state index in [4.69, 9.17) is 5.73 Å². The first-order chi connectivity index (χ1) is 11.6. The fourth-order valence-electron chi connectivity index (χ4n) is 2.48. The number of nitrogens with one attached hydrogen (secondary N) is 1. The number of aromatic nitrogens is 1. The lowest BCUT2D eigenvalue weighted by atomic mass is 10.0. The zero-order valence-electron chi connectivity index (χ0n) is 12.6. The van der Waals surface area contributed by atoms with Gasteiger partial charge in [-0.2, -0.15) is 0 Å². The van der Waals surface area contributed by atoms with Crippen molar-refractivity contribution >= 4 is 22.7 Å². The highest BCUT2D eigenvalue weighted by Gasteiger charge is 2.22. The van der Waals surface area contributed by atoms with Crippen LogP contribution in [0.1, 0.15) is 22.0 Å². The Morgan fingerprint density at radius 1 is 1.04 bits per heavy atom. The van der Waals surface area contributed by atoms with E-state index in [-0.39, 0.29) is 0 Å². The zero-order chi connectivity index (χ0) is 17.1. The highest BCUT2D eigenvalue weighted by molar-refractivity contribution is 6.07. The summed E-state index contributed by atoms with van der Waals surface area (Å²) in [5, 5.41) is 3.26. The second kappa shape index (κ2) is 6.45. The lowest BCUT2D eigenvalue weighted by Crippen LogP contribution is -2.37. The van der Waals surface area contributed by atoms with Gasteiger partial charge in [0.1, 0.15) is 11.9 Å². The van der Waals surface area contributed by atoms with Crippen LogP contribution in [0.15, 0.2) is 60.8 Å². The number of nitrogens with two attached hydrogens (primary N) is 1. The number of primary amides is 1.